The molecule has 0 heterocycles. The number of carbonyl (C=O) groups excluding carboxylic acids is 1. The van der Waals surface area contributed by atoms with Crippen molar-refractivity contribution in [1.82, 2.24) is 5.32 Å². The largest absolute Gasteiger partial charge is 0.354 e. The van der Waals surface area contributed by atoms with Crippen LogP contribution >= 0.6 is 12.4 Å². The first-order valence-corrected chi connectivity index (χ1v) is 7.62. The van der Waals surface area contributed by atoms with E-state index in [1.54, 1.807) is 0 Å². The van der Waals surface area contributed by atoms with E-state index in [-0.39, 0.29) is 30.3 Å². The van der Waals surface area contributed by atoms with Gasteiger partial charge in [-0.05, 0) is 29.9 Å². The van der Waals surface area contributed by atoms with Gasteiger partial charge in [0.15, 0.2) is 0 Å². The van der Waals surface area contributed by atoms with Crippen molar-refractivity contribution in [2.45, 2.75) is 52.5 Å². The standard InChI is InChI=1S/C17H28N2O.ClH/c1-5-13(6-2)17(20)19-11-16(18)15-9-7-14(8-10-15)12(3)4;/h7-10,12-13,16H,5-6,11,18H2,1-4H3,(H,19,20);1H. The molecule has 3 nitrogen and oxygen atoms in total. The van der Waals surface area contributed by atoms with E-state index in [9.17, 15) is 4.79 Å². The minimum Gasteiger partial charge on any atom is -0.354 e. The number of nitrogens with one attached hydrogen (secondary N) is 1. The van der Waals surface area contributed by atoms with Crippen molar-refractivity contribution >= 4 is 18.3 Å². The van der Waals surface area contributed by atoms with E-state index in [0.717, 1.165) is 18.4 Å². The molecule has 4 heteroatoms. The third kappa shape index (κ3) is 6.06. The van der Waals surface area contributed by atoms with Crippen LogP contribution in [-0.2, 0) is 4.79 Å². The maximum absolute atomic E-state index is 11.9. The van der Waals surface area contributed by atoms with Crippen molar-refractivity contribution in [2.24, 2.45) is 11.7 Å². The van der Waals surface area contributed by atoms with Crippen molar-refractivity contribution < 1.29 is 4.79 Å². The number of hydrogen-bond acceptors (Lipinski definition) is 2. The Morgan fingerprint density at radius 1 is 1.10 bits per heavy atom. The third-order valence-electron chi connectivity index (χ3n) is 3.88. The van der Waals surface area contributed by atoms with Crippen LogP contribution in [0.5, 0.6) is 0 Å². The van der Waals surface area contributed by atoms with E-state index in [1.165, 1.54) is 5.56 Å². The Morgan fingerprint density at radius 2 is 1.57 bits per heavy atom. The SMILES string of the molecule is CCC(CC)C(=O)NCC(N)c1ccc(C(C)C)cc1.Cl. The van der Waals surface area contributed by atoms with Crippen LogP contribution in [0.3, 0.4) is 0 Å². The number of halogens is 1. The second-order valence-electron chi connectivity index (χ2n) is 5.69. The van der Waals surface area contributed by atoms with Gasteiger partial charge in [0.05, 0.1) is 0 Å². The van der Waals surface area contributed by atoms with Crippen LogP contribution in [-0.4, -0.2) is 12.5 Å². The number of nitrogens with two attached hydrogens (primary N) is 1. The Balaban J connectivity index is 0.00000400. The number of carbonyl (C=O) groups is 1. The van der Waals surface area contributed by atoms with Gasteiger partial charge in [-0.3, -0.25) is 4.79 Å². The van der Waals surface area contributed by atoms with Gasteiger partial charge in [-0.25, -0.2) is 0 Å². The average molecular weight is 313 g/mol. The van der Waals surface area contributed by atoms with Gasteiger partial charge in [0.2, 0.25) is 5.91 Å². The molecule has 3 N–H and O–H groups in total. The zero-order chi connectivity index (χ0) is 15.1. The van der Waals surface area contributed by atoms with Gasteiger partial charge in [0.1, 0.15) is 0 Å². The summed E-state index contributed by atoms with van der Waals surface area (Å²) in [6.07, 6.45) is 1.75. The molecule has 0 radical (unpaired) electrons. The first-order chi connectivity index (χ1) is 9.49. The first kappa shape index (κ1) is 19.9. The highest BCUT2D eigenvalue weighted by atomic mass is 35.5. The minimum atomic E-state index is -0.144. The van der Waals surface area contributed by atoms with Gasteiger partial charge in [-0.15, -0.1) is 12.4 Å². The summed E-state index contributed by atoms with van der Waals surface area (Å²) >= 11 is 0. The normalized spacial score (nSPS) is 12.1. The lowest BCUT2D eigenvalue weighted by Gasteiger charge is -2.17. The second-order valence-corrected chi connectivity index (χ2v) is 5.69. The highest BCUT2D eigenvalue weighted by Crippen LogP contribution is 2.17. The molecule has 0 aromatic heterocycles. The molecule has 0 aliphatic carbocycles. The molecule has 1 aromatic carbocycles. The Kier molecular flexibility index (Phi) is 9.31. The summed E-state index contributed by atoms with van der Waals surface area (Å²) in [5, 5.41) is 2.96. The van der Waals surface area contributed by atoms with E-state index in [4.69, 9.17) is 5.73 Å². The summed E-state index contributed by atoms with van der Waals surface area (Å²) in [7, 11) is 0. The zero-order valence-electron chi connectivity index (χ0n) is 13.6. The molecule has 120 valence electrons. The summed E-state index contributed by atoms with van der Waals surface area (Å²) in [6.45, 7) is 8.92. The molecule has 1 unspecified atom stereocenters. The highest BCUT2D eigenvalue weighted by Gasteiger charge is 2.15. The second kappa shape index (κ2) is 9.80. The van der Waals surface area contributed by atoms with Crippen LogP contribution in [0.4, 0.5) is 0 Å². The number of hydrogen-bond donors (Lipinski definition) is 2. The third-order valence-corrected chi connectivity index (χ3v) is 3.88. The van der Waals surface area contributed by atoms with Crippen molar-refractivity contribution in [3.05, 3.63) is 35.4 Å². The molecular weight excluding hydrogens is 284 g/mol. The molecule has 0 fully saturated rings. The smallest absolute Gasteiger partial charge is 0.223 e. The maximum atomic E-state index is 11.9. The summed E-state index contributed by atoms with van der Waals surface area (Å²) < 4.78 is 0. The quantitative estimate of drug-likeness (QED) is 0.805. The topological polar surface area (TPSA) is 55.1 Å². The van der Waals surface area contributed by atoms with Crippen LogP contribution in [0.1, 0.15) is 63.6 Å². The van der Waals surface area contributed by atoms with Gasteiger partial charge in [0, 0.05) is 18.5 Å². The minimum absolute atomic E-state index is 0. The van der Waals surface area contributed by atoms with E-state index in [0.29, 0.717) is 12.5 Å². The van der Waals surface area contributed by atoms with Crippen LogP contribution in [0.2, 0.25) is 0 Å². The molecule has 0 aliphatic heterocycles. The Hall–Kier alpha value is -1.06. The maximum Gasteiger partial charge on any atom is 0.223 e. The van der Waals surface area contributed by atoms with Gasteiger partial charge >= 0.3 is 0 Å². The predicted molar refractivity (Wildman–Crippen MR) is 91.8 cm³/mol. The van der Waals surface area contributed by atoms with E-state index in [1.807, 2.05) is 13.8 Å². The van der Waals surface area contributed by atoms with Crippen LogP contribution in [0.25, 0.3) is 0 Å². The Morgan fingerprint density at radius 3 is 2.00 bits per heavy atom. The van der Waals surface area contributed by atoms with Crippen LogP contribution < -0.4 is 11.1 Å². The molecule has 0 aliphatic rings. The van der Waals surface area contributed by atoms with Gasteiger partial charge in [-0.2, -0.15) is 0 Å². The molecule has 0 saturated carbocycles. The van der Waals surface area contributed by atoms with Crippen molar-refractivity contribution in [3.8, 4) is 0 Å². The summed E-state index contributed by atoms with van der Waals surface area (Å²) in [5.74, 6) is 0.740. The summed E-state index contributed by atoms with van der Waals surface area (Å²) in [5.41, 5.74) is 8.51. The fourth-order valence-corrected chi connectivity index (χ4v) is 2.26. The lowest BCUT2D eigenvalue weighted by atomic mass is 9.99. The lowest BCUT2D eigenvalue weighted by molar-refractivity contribution is -0.125. The molecular formula is C17H29ClN2O. The van der Waals surface area contributed by atoms with Crippen molar-refractivity contribution in [3.63, 3.8) is 0 Å². The van der Waals surface area contributed by atoms with E-state index < -0.39 is 0 Å². The zero-order valence-corrected chi connectivity index (χ0v) is 14.4. The predicted octanol–water partition coefficient (Wildman–Crippen LogP) is 3.78. The Labute approximate surface area is 135 Å². The van der Waals surface area contributed by atoms with E-state index >= 15 is 0 Å². The van der Waals surface area contributed by atoms with Crippen LogP contribution in [0, 0.1) is 5.92 Å². The summed E-state index contributed by atoms with van der Waals surface area (Å²) in [4.78, 5) is 11.9. The molecule has 0 saturated heterocycles. The molecule has 0 spiro atoms. The molecule has 21 heavy (non-hydrogen) atoms. The molecule has 0 bridgehead atoms. The van der Waals surface area contributed by atoms with Gasteiger partial charge in [-0.1, -0.05) is 52.0 Å². The molecule has 1 aromatic rings. The number of amides is 1. The van der Waals surface area contributed by atoms with E-state index in [2.05, 4.69) is 43.4 Å². The Bertz CT molecular complexity index is 413. The van der Waals surface area contributed by atoms with Crippen molar-refractivity contribution in [2.75, 3.05) is 6.54 Å². The lowest BCUT2D eigenvalue weighted by Crippen LogP contribution is -2.35. The molecule has 1 amide bonds. The fourth-order valence-electron chi connectivity index (χ4n) is 2.26. The molecule has 1 rings (SSSR count). The fraction of sp³-hybridized carbons (Fsp3) is 0.588. The van der Waals surface area contributed by atoms with Gasteiger partial charge < -0.3 is 11.1 Å². The first-order valence-electron chi connectivity index (χ1n) is 7.62. The highest BCUT2D eigenvalue weighted by molar-refractivity contribution is 5.85. The number of rotatable bonds is 7. The van der Waals surface area contributed by atoms with Crippen molar-refractivity contribution in [1.29, 1.82) is 0 Å². The van der Waals surface area contributed by atoms with Crippen LogP contribution in [0.15, 0.2) is 24.3 Å². The van der Waals surface area contributed by atoms with Gasteiger partial charge in [0.25, 0.3) is 0 Å². The average Bonchev–Trinajstić information content (AvgIpc) is 2.46. The molecule has 1 atom stereocenters. The monoisotopic (exact) mass is 312 g/mol. The summed E-state index contributed by atoms with van der Waals surface area (Å²) in [6, 6.07) is 8.20. The number of benzene rings is 1.